The van der Waals surface area contributed by atoms with E-state index in [1.807, 2.05) is 0 Å². The lowest BCUT2D eigenvalue weighted by molar-refractivity contribution is -0.0415. The molecule has 31 heavy (non-hydrogen) atoms. The molecule has 1 aliphatic heterocycles. The van der Waals surface area contributed by atoms with Crippen LogP contribution in [-0.2, 0) is 6.42 Å². The van der Waals surface area contributed by atoms with Crippen molar-refractivity contribution in [1.29, 1.82) is 0 Å². The molecule has 0 aliphatic carbocycles. The minimum atomic E-state index is -0.865. The van der Waals surface area contributed by atoms with Crippen molar-refractivity contribution in [2.45, 2.75) is 38.9 Å². The van der Waals surface area contributed by atoms with Crippen molar-refractivity contribution in [3.63, 3.8) is 0 Å². The normalized spacial score (nSPS) is 17.6. The van der Waals surface area contributed by atoms with Crippen molar-refractivity contribution in [1.82, 2.24) is 0 Å². The molecule has 2 heterocycles. The summed E-state index contributed by atoms with van der Waals surface area (Å²) in [6.07, 6.45) is 2.56. The maximum atomic E-state index is 13.5. The molecule has 1 aliphatic rings. The van der Waals surface area contributed by atoms with Crippen LogP contribution in [0, 0.1) is 0 Å². The van der Waals surface area contributed by atoms with Gasteiger partial charge in [0, 0.05) is 29.7 Å². The molecule has 0 amide bonds. The highest BCUT2D eigenvalue weighted by Gasteiger charge is 2.38. The minimum Gasteiger partial charge on any atom is -0.507 e. The number of allylic oxidation sites excluding steroid dienone is 2. The van der Waals surface area contributed by atoms with Gasteiger partial charge in [-0.25, -0.2) is 0 Å². The number of aliphatic hydroxyl groups is 1. The molecule has 1 atom stereocenters. The zero-order valence-electron chi connectivity index (χ0n) is 17.8. The quantitative estimate of drug-likeness (QED) is 0.430. The van der Waals surface area contributed by atoms with Gasteiger partial charge in [-0.3, -0.25) is 4.79 Å². The van der Waals surface area contributed by atoms with Crippen molar-refractivity contribution < 1.29 is 29.2 Å². The van der Waals surface area contributed by atoms with Gasteiger partial charge in [0.15, 0.2) is 11.5 Å². The monoisotopic (exact) mass is 424 g/mol. The zero-order valence-corrected chi connectivity index (χ0v) is 17.8. The Bertz CT molecular complexity index is 1330. The molecule has 1 aromatic heterocycles. The Morgan fingerprint density at radius 3 is 2.58 bits per heavy atom. The van der Waals surface area contributed by atoms with E-state index in [9.17, 15) is 20.1 Å². The van der Waals surface area contributed by atoms with Gasteiger partial charge in [0.25, 0.3) is 0 Å². The lowest BCUT2D eigenvalue weighted by Crippen LogP contribution is -2.46. The average molecular weight is 424 g/mol. The first kappa shape index (κ1) is 20.8. The Kier molecular flexibility index (Phi) is 4.74. The topological polar surface area (TPSA) is 109 Å². The van der Waals surface area contributed by atoms with Crippen LogP contribution in [0.1, 0.15) is 31.9 Å². The highest BCUT2D eigenvalue weighted by Crippen LogP contribution is 2.44. The second-order valence-corrected chi connectivity index (χ2v) is 8.33. The fraction of sp³-hybridized carbons (Fsp3) is 0.292. The maximum Gasteiger partial charge on any atom is 0.205 e. The summed E-state index contributed by atoms with van der Waals surface area (Å²) in [6, 6.07) is 2.84. The molecule has 0 bridgehead atoms. The Balaban J connectivity index is 2.12. The molecule has 2 aromatic carbocycles. The number of methoxy groups -OCH3 is 1. The van der Waals surface area contributed by atoms with Gasteiger partial charge in [-0.1, -0.05) is 18.2 Å². The Hall–Kier alpha value is -3.45. The number of phenolic OH excluding ortho intramolecular Hbond substituents is 2. The summed E-state index contributed by atoms with van der Waals surface area (Å²) in [5.74, 6) is -0.0429. The van der Waals surface area contributed by atoms with Gasteiger partial charge in [0.05, 0.1) is 18.6 Å². The molecule has 3 aromatic rings. The molecular formula is C24H24O7. The summed E-state index contributed by atoms with van der Waals surface area (Å²) < 4.78 is 17.1. The molecule has 0 radical (unpaired) electrons. The number of benzene rings is 2. The van der Waals surface area contributed by atoms with Gasteiger partial charge in [0.1, 0.15) is 33.7 Å². The molecule has 4 rings (SSSR count). The SMILES string of the molecule is C=C(C)/C=C/c1c(OC)c(O)cc2oc3cc4c(c(O)c3c(=O)c12)CC(O)C(C)(C)O4. The highest BCUT2D eigenvalue weighted by molar-refractivity contribution is 6.00. The first-order chi connectivity index (χ1) is 14.5. The minimum absolute atomic E-state index is 0.0283. The van der Waals surface area contributed by atoms with Crippen molar-refractivity contribution in [3.05, 3.63) is 51.7 Å². The molecule has 0 saturated heterocycles. The van der Waals surface area contributed by atoms with Crippen LogP contribution >= 0.6 is 0 Å². The zero-order chi connectivity index (χ0) is 22.7. The van der Waals surface area contributed by atoms with Crippen LogP contribution in [0.2, 0.25) is 0 Å². The van der Waals surface area contributed by atoms with E-state index >= 15 is 0 Å². The molecule has 1 unspecified atom stereocenters. The van der Waals surface area contributed by atoms with E-state index in [4.69, 9.17) is 13.9 Å². The van der Waals surface area contributed by atoms with Crippen molar-refractivity contribution in [2.75, 3.05) is 7.11 Å². The Morgan fingerprint density at radius 1 is 1.26 bits per heavy atom. The number of ether oxygens (including phenoxy) is 2. The summed E-state index contributed by atoms with van der Waals surface area (Å²) in [4.78, 5) is 13.5. The Morgan fingerprint density at radius 2 is 1.94 bits per heavy atom. The van der Waals surface area contributed by atoms with E-state index in [1.165, 1.54) is 19.2 Å². The summed E-state index contributed by atoms with van der Waals surface area (Å²) in [5, 5.41) is 31.9. The van der Waals surface area contributed by atoms with Crippen LogP contribution in [-0.4, -0.2) is 34.1 Å². The van der Waals surface area contributed by atoms with E-state index in [0.717, 1.165) is 5.57 Å². The first-order valence-electron chi connectivity index (χ1n) is 9.81. The van der Waals surface area contributed by atoms with E-state index in [-0.39, 0.29) is 45.6 Å². The standard InChI is InChI=1S/C24H24O7/c1-11(2)6-7-12-19-16(9-14(25)23(12)29-5)30-17-10-15-13(21(27)20(17)22(19)28)8-18(26)24(3,4)31-15/h6-7,9-10,18,25-27H,1,8H2,2-5H3/b7-6+. The van der Waals surface area contributed by atoms with Crippen LogP contribution in [0.25, 0.3) is 28.0 Å². The second kappa shape index (κ2) is 7.06. The third-order valence-electron chi connectivity index (χ3n) is 5.58. The molecule has 7 nitrogen and oxygen atoms in total. The van der Waals surface area contributed by atoms with E-state index in [0.29, 0.717) is 16.9 Å². The van der Waals surface area contributed by atoms with Crippen molar-refractivity contribution >= 4 is 28.0 Å². The van der Waals surface area contributed by atoms with Crippen LogP contribution in [0.4, 0.5) is 0 Å². The summed E-state index contributed by atoms with van der Waals surface area (Å²) in [6.45, 7) is 9.08. The number of rotatable bonds is 3. The number of aliphatic hydroxyl groups excluding tert-OH is 1. The van der Waals surface area contributed by atoms with Crippen molar-refractivity contribution in [2.24, 2.45) is 0 Å². The molecule has 0 fully saturated rings. The third kappa shape index (κ3) is 3.21. The number of hydrogen-bond acceptors (Lipinski definition) is 7. The number of aromatic hydroxyl groups is 2. The van der Waals surface area contributed by atoms with Gasteiger partial charge in [-0.15, -0.1) is 0 Å². The number of fused-ring (bicyclic) bond motifs is 3. The van der Waals surface area contributed by atoms with Crippen LogP contribution < -0.4 is 14.9 Å². The van der Waals surface area contributed by atoms with E-state index < -0.39 is 17.1 Å². The van der Waals surface area contributed by atoms with Gasteiger partial charge < -0.3 is 29.2 Å². The predicted octanol–water partition coefficient (Wildman–Crippen LogP) is 4.03. The van der Waals surface area contributed by atoms with Gasteiger partial charge in [0.2, 0.25) is 5.43 Å². The van der Waals surface area contributed by atoms with Crippen molar-refractivity contribution in [3.8, 4) is 23.0 Å². The molecule has 0 saturated carbocycles. The molecule has 0 spiro atoms. The van der Waals surface area contributed by atoms with Gasteiger partial charge >= 0.3 is 0 Å². The lowest BCUT2D eigenvalue weighted by atomic mass is 9.89. The fourth-order valence-corrected chi connectivity index (χ4v) is 3.84. The maximum absolute atomic E-state index is 13.5. The van der Waals surface area contributed by atoms with Crippen LogP contribution in [0.15, 0.2) is 39.6 Å². The second-order valence-electron chi connectivity index (χ2n) is 8.33. The van der Waals surface area contributed by atoms with E-state index in [2.05, 4.69) is 6.58 Å². The van der Waals surface area contributed by atoms with Crippen LogP contribution in [0.3, 0.4) is 0 Å². The number of phenols is 2. The molecule has 3 N–H and O–H groups in total. The molecule has 162 valence electrons. The number of hydrogen-bond donors (Lipinski definition) is 3. The fourth-order valence-electron chi connectivity index (χ4n) is 3.84. The highest BCUT2D eigenvalue weighted by atomic mass is 16.5. The molecular weight excluding hydrogens is 400 g/mol. The lowest BCUT2D eigenvalue weighted by Gasteiger charge is -2.37. The Labute approximate surface area is 178 Å². The third-order valence-corrected chi connectivity index (χ3v) is 5.58. The average Bonchev–Trinajstić information content (AvgIpc) is 2.67. The van der Waals surface area contributed by atoms with E-state index in [1.54, 1.807) is 32.9 Å². The summed E-state index contributed by atoms with van der Waals surface area (Å²) >= 11 is 0. The first-order valence-corrected chi connectivity index (χ1v) is 9.81. The summed E-state index contributed by atoms with van der Waals surface area (Å²) in [7, 11) is 1.38. The molecule has 7 heteroatoms. The predicted molar refractivity (Wildman–Crippen MR) is 118 cm³/mol. The van der Waals surface area contributed by atoms with Crippen LogP contribution in [0.5, 0.6) is 23.0 Å². The van der Waals surface area contributed by atoms with Gasteiger partial charge in [-0.2, -0.15) is 0 Å². The smallest absolute Gasteiger partial charge is 0.205 e. The summed E-state index contributed by atoms with van der Waals surface area (Å²) in [5.41, 5.74) is 0.273. The van der Waals surface area contributed by atoms with Gasteiger partial charge in [-0.05, 0) is 26.8 Å². The largest absolute Gasteiger partial charge is 0.507 e.